The molecule has 0 amide bonds. The lowest BCUT2D eigenvalue weighted by Crippen LogP contribution is -2.49. The van der Waals surface area contributed by atoms with Gasteiger partial charge in [0.2, 0.25) is 0 Å². The fraction of sp³-hybridized carbons (Fsp3) is 0.500. The highest BCUT2D eigenvalue weighted by Crippen LogP contribution is 2.23. The molecule has 2 heterocycles. The van der Waals surface area contributed by atoms with E-state index in [0.29, 0.717) is 23.7 Å². The van der Waals surface area contributed by atoms with Crippen LogP contribution in [0.15, 0.2) is 33.9 Å². The Bertz CT molecular complexity index is 1040. The molecule has 1 aromatic heterocycles. The molecule has 1 aromatic carbocycles. The van der Waals surface area contributed by atoms with Gasteiger partial charge in [0.1, 0.15) is 11.6 Å². The lowest BCUT2D eigenvalue weighted by Gasteiger charge is -2.36. The van der Waals surface area contributed by atoms with E-state index in [1.165, 1.54) is 23.7 Å². The van der Waals surface area contributed by atoms with Gasteiger partial charge in [-0.1, -0.05) is 0 Å². The number of hydrogen-bond donors (Lipinski definition) is 0. The molecule has 2 aromatic rings. The van der Waals surface area contributed by atoms with Crippen molar-refractivity contribution < 1.29 is 9.66 Å². The minimum Gasteiger partial charge on any atom is -0.494 e. The summed E-state index contributed by atoms with van der Waals surface area (Å²) >= 11 is 0. The van der Waals surface area contributed by atoms with Crippen molar-refractivity contribution in [3.8, 4) is 5.75 Å². The van der Waals surface area contributed by atoms with Crippen molar-refractivity contribution in [2.24, 2.45) is 14.1 Å². The van der Waals surface area contributed by atoms with E-state index in [2.05, 4.69) is 9.80 Å². The standard InChI is InChI=1S/C20H27N5O5.ClH/c1-15-13-16(5-6-17(15)25(28)29)30-12-4-7-23-8-10-24(11-9-23)18-14-19(26)22(3)20(27)21(18)2;/h5-6,13-14H,4,7-12H2,1-3H3;1H. The maximum atomic E-state index is 12.1. The van der Waals surface area contributed by atoms with Gasteiger partial charge < -0.3 is 9.64 Å². The summed E-state index contributed by atoms with van der Waals surface area (Å²) in [4.78, 5) is 38.9. The van der Waals surface area contributed by atoms with E-state index in [1.807, 2.05) is 0 Å². The van der Waals surface area contributed by atoms with Crippen LogP contribution >= 0.6 is 12.4 Å². The Morgan fingerprint density at radius 2 is 1.74 bits per heavy atom. The fourth-order valence-corrected chi connectivity index (χ4v) is 3.63. The van der Waals surface area contributed by atoms with Gasteiger partial charge in [0.25, 0.3) is 11.2 Å². The second-order valence-corrected chi connectivity index (χ2v) is 7.48. The van der Waals surface area contributed by atoms with Crippen molar-refractivity contribution in [3.05, 3.63) is 60.8 Å². The summed E-state index contributed by atoms with van der Waals surface area (Å²) in [6, 6.07) is 6.29. The van der Waals surface area contributed by atoms with E-state index in [4.69, 9.17) is 4.74 Å². The Labute approximate surface area is 186 Å². The first-order valence-electron chi connectivity index (χ1n) is 9.90. The molecule has 10 nitrogen and oxygen atoms in total. The normalized spacial score (nSPS) is 14.2. The zero-order valence-electron chi connectivity index (χ0n) is 17.9. The maximum absolute atomic E-state index is 12.1. The van der Waals surface area contributed by atoms with Crippen LogP contribution in [-0.4, -0.2) is 58.3 Å². The van der Waals surface area contributed by atoms with Gasteiger partial charge in [0.05, 0.1) is 11.5 Å². The second kappa shape index (κ2) is 10.5. The monoisotopic (exact) mass is 453 g/mol. The van der Waals surface area contributed by atoms with E-state index < -0.39 is 4.92 Å². The zero-order valence-corrected chi connectivity index (χ0v) is 18.8. The van der Waals surface area contributed by atoms with E-state index in [0.717, 1.165) is 43.7 Å². The van der Waals surface area contributed by atoms with E-state index in [-0.39, 0.29) is 29.3 Å². The van der Waals surface area contributed by atoms with Gasteiger partial charge in [-0.3, -0.25) is 28.9 Å². The van der Waals surface area contributed by atoms with Crippen LogP contribution in [0.4, 0.5) is 11.5 Å². The largest absolute Gasteiger partial charge is 0.494 e. The van der Waals surface area contributed by atoms with Crippen LogP contribution in [0.3, 0.4) is 0 Å². The van der Waals surface area contributed by atoms with Crippen LogP contribution in [0.1, 0.15) is 12.0 Å². The number of rotatable bonds is 7. The molecule has 170 valence electrons. The molecule has 0 N–H and O–H groups in total. The number of nitro benzene ring substituents is 1. The third-order valence-electron chi connectivity index (χ3n) is 5.45. The lowest BCUT2D eigenvalue weighted by molar-refractivity contribution is -0.385. The minimum absolute atomic E-state index is 0. The van der Waals surface area contributed by atoms with Gasteiger partial charge in [-0.05, 0) is 25.5 Å². The molecule has 1 aliphatic heterocycles. The highest BCUT2D eigenvalue weighted by molar-refractivity contribution is 5.85. The second-order valence-electron chi connectivity index (χ2n) is 7.48. The van der Waals surface area contributed by atoms with E-state index >= 15 is 0 Å². The quantitative estimate of drug-likeness (QED) is 0.354. The zero-order chi connectivity index (χ0) is 21.8. The van der Waals surface area contributed by atoms with Gasteiger partial charge in [0, 0.05) is 64.5 Å². The number of nitrogens with zero attached hydrogens (tertiary/aromatic N) is 5. The number of benzene rings is 1. The molecule has 11 heteroatoms. The predicted molar refractivity (Wildman–Crippen MR) is 121 cm³/mol. The molecule has 0 unspecified atom stereocenters. The Hall–Kier alpha value is -2.85. The van der Waals surface area contributed by atoms with Crippen LogP contribution in [0.25, 0.3) is 0 Å². The summed E-state index contributed by atoms with van der Waals surface area (Å²) in [5.41, 5.74) is 0.0560. The van der Waals surface area contributed by atoms with Crippen LogP contribution in [0.2, 0.25) is 0 Å². The third-order valence-corrected chi connectivity index (χ3v) is 5.45. The molecule has 31 heavy (non-hydrogen) atoms. The molecule has 3 rings (SSSR count). The van der Waals surface area contributed by atoms with Crippen molar-refractivity contribution in [1.82, 2.24) is 14.0 Å². The van der Waals surface area contributed by atoms with Crippen LogP contribution in [0, 0.1) is 17.0 Å². The summed E-state index contributed by atoms with van der Waals surface area (Å²) < 4.78 is 8.34. The number of halogens is 1. The highest BCUT2D eigenvalue weighted by Gasteiger charge is 2.20. The molecular weight excluding hydrogens is 426 g/mol. The number of ether oxygens (including phenoxy) is 1. The van der Waals surface area contributed by atoms with Crippen molar-refractivity contribution in [2.75, 3.05) is 44.2 Å². The SMILES string of the molecule is Cc1cc(OCCCN2CCN(c3cc(=O)n(C)c(=O)n3C)CC2)ccc1[N+](=O)[O-].Cl. The van der Waals surface area contributed by atoms with Crippen LogP contribution < -0.4 is 20.9 Å². The smallest absolute Gasteiger partial charge is 0.332 e. The third kappa shape index (κ3) is 5.65. The topological polar surface area (TPSA) is 103 Å². The molecular formula is C20H28ClN5O5. The molecule has 0 spiro atoms. The Morgan fingerprint density at radius 3 is 2.35 bits per heavy atom. The first-order valence-corrected chi connectivity index (χ1v) is 9.90. The Kier molecular flexibility index (Phi) is 8.23. The van der Waals surface area contributed by atoms with E-state index in [1.54, 1.807) is 26.1 Å². The first-order chi connectivity index (χ1) is 14.3. The lowest BCUT2D eigenvalue weighted by atomic mass is 10.2. The number of anilines is 1. The Morgan fingerprint density at radius 1 is 1.06 bits per heavy atom. The average Bonchev–Trinajstić information content (AvgIpc) is 2.72. The molecule has 1 saturated heterocycles. The van der Waals surface area contributed by atoms with Gasteiger partial charge in [-0.15, -0.1) is 12.4 Å². The van der Waals surface area contributed by atoms with Crippen molar-refractivity contribution >= 4 is 23.9 Å². The molecule has 1 fully saturated rings. The maximum Gasteiger partial charge on any atom is 0.332 e. The summed E-state index contributed by atoms with van der Waals surface area (Å²) in [5, 5.41) is 10.9. The van der Waals surface area contributed by atoms with E-state index in [9.17, 15) is 19.7 Å². The van der Waals surface area contributed by atoms with Gasteiger partial charge in [0.15, 0.2) is 0 Å². The molecule has 1 aliphatic rings. The number of aromatic nitrogens is 2. The van der Waals surface area contributed by atoms with Crippen LogP contribution in [-0.2, 0) is 14.1 Å². The number of aryl methyl sites for hydroxylation is 1. The van der Waals surface area contributed by atoms with Crippen molar-refractivity contribution in [1.29, 1.82) is 0 Å². The summed E-state index contributed by atoms with van der Waals surface area (Å²) in [6.07, 6.45) is 0.834. The van der Waals surface area contributed by atoms with Crippen LogP contribution in [0.5, 0.6) is 5.75 Å². The average molecular weight is 454 g/mol. The minimum atomic E-state index is -0.399. The summed E-state index contributed by atoms with van der Waals surface area (Å²) in [5.74, 6) is 1.29. The van der Waals surface area contributed by atoms with Crippen molar-refractivity contribution in [2.45, 2.75) is 13.3 Å². The number of piperazine rings is 1. The van der Waals surface area contributed by atoms with Gasteiger partial charge in [-0.2, -0.15) is 0 Å². The van der Waals surface area contributed by atoms with Gasteiger partial charge >= 0.3 is 5.69 Å². The highest BCUT2D eigenvalue weighted by atomic mass is 35.5. The predicted octanol–water partition coefficient (Wildman–Crippen LogP) is 1.31. The van der Waals surface area contributed by atoms with Crippen molar-refractivity contribution in [3.63, 3.8) is 0 Å². The van der Waals surface area contributed by atoms with Gasteiger partial charge in [-0.25, -0.2) is 4.79 Å². The molecule has 0 bridgehead atoms. The summed E-state index contributed by atoms with van der Waals surface area (Å²) in [6.45, 7) is 6.24. The fourth-order valence-electron chi connectivity index (χ4n) is 3.63. The Balaban J connectivity index is 0.00000341. The molecule has 0 atom stereocenters. The summed E-state index contributed by atoms with van der Waals surface area (Å²) in [7, 11) is 3.16. The molecule has 0 saturated carbocycles. The first kappa shape index (κ1) is 24.4. The molecule has 0 aliphatic carbocycles. The number of nitro groups is 1. The molecule has 0 radical (unpaired) electrons. The number of hydrogen-bond acceptors (Lipinski definition) is 7.